The third-order valence-electron chi connectivity index (χ3n) is 6.07. The van der Waals surface area contributed by atoms with Gasteiger partial charge in [0, 0.05) is 25.1 Å². The van der Waals surface area contributed by atoms with Gasteiger partial charge in [0.25, 0.3) is 11.7 Å². The molecule has 1 aromatic carbocycles. The Labute approximate surface area is 181 Å². The number of benzene rings is 1. The highest BCUT2D eigenvalue weighted by atomic mass is 16.5. The van der Waals surface area contributed by atoms with Crippen LogP contribution in [-0.4, -0.2) is 58.9 Å². The number of amides is 1. The fraction of sp³-hybridized carbons (Fsp3) is 0.417. The summed E-state index contributed by atoms with van der Waals surface area (Å²) in [5, 5.41) is 11.1. The predicted octanol–water partition coefficient (Wildman–Crippen LogP) is 3.37. The molecule has 4 rings (SSSR count). The minimum absolute atomic E-state index is 0.0615. The molecule has 1 fully saturated rings. The lowest BCUT2D eigenvalue weighted by molar-refractivity contribution is -0.140. The number of hydrogen-bond donors (Lipinski definition) is 1. The van der Waals surface area contributed by atoms with Gasteiger partial charge in [-0.2, -0.15) is 0 Å². The zero-order chi connectivity index (χ0) is 22.1. The average Bonchev–Trinajstić information content (AvgIpc) is 3.47. The normalized spacial score (nSPS) is 22.3. The van der Waals surface area contributed by atoms with Crippen molar-refractivity contribution in [3.05, 3.63) is 59.1 Å². The van der Waals surface area contributed by atoms with Crippen LogP contribution in [0.2, 0.25) is 0 Å². The number of Topliss-reactive ketones (excluding diaryl/α,β-unsaturated/α-hetero) is 1. The van der Waals surface area contributed by atoms with Gasteiger partial charge < -0.3 is 24.1 Å². The van der Waals surface area contributed by atoms with E-state index in [9.17, 15) is 14.7 Å². The van der Waals surface area contributed by atoms with E-state index in [0.29, 0.717) is 24.4 Å². The quantitative estimate of drug-likeness (QED) is 0.417. The first-order valence-corrected chi connectivity index (χ1v) is 10.8. The highest BCUT2D eigenvalue weighted by Crippen LogP contribution is 2.40. The van der Waals surface area contributed by atoms with E-state index < -0.39 is 17.7 Å². The van der Waals surface area contributed by atoms with E-state index in [1.54, 1.807) is 24.3 Å². The van der Waals surface area contributed by atoms with E-state index in [4.69, 9.17) is 9.15 Å². The van der Waals surface area contributed by atoms with Crippen LogP contribution < -0.4 is 4.74 Å². The number of ketones is 1. The maximum absolute atomic E-state index is 13.0. The van der Waals surface area contributed by atoms with Crippen molar-refractivity contribution in [1.82, 2.24) is 9.80 Å². The topological polar surface area (TPSA) is 83.2 Å². The van der Waals surface area contributed by atoms with Gasteiger partial charge in [-0.05, 0) is 55.9 Å². The summed E-state index contributed by atoms with van der Waals surface area (Å²) in [5.74, 6) is -0.256. The minimum Gasteiger partial charge on any atom is -0.507 e. The molecular weight excluding hydrogens is 396 g/mol. The maximum Gasteiger partial charge on any atom is 0.295 e. The van der Waals surface area contributed by atoms with Gasteiger partial charge in [-0.25, -0.2) is 0 Å². The fourth-order valence-corrected chi connectivity index (χ4v) is 4.37. The highest BCUT2D eigenvalue weighted by Gasteiger charge is 2.47. The molecule has 0 aliphatic carbocycles. The largest absolute Gasteiger partial charge is 0.507 e. The number of hydrogen-bond acceptors (Lipinski definition) is 6. The van der Waals surface area contributed by atoms with Crippen LogP contribution in [0.15, 0.2) is 46.6 Å². The molecule has 0 spiro atoms. The first-order chi connectivity index (χ1) is 14.9. The summed E-state index contributed by atoms with van der Waals surface area (Å²) in [6.07, 6.45) is 2.31. The number of likely N-dealkylation sites (tertiary alicyclic amines) is 1. The number of furan rings is 1. The van der Waals surface area contributed by atoms with Crippen LogP contribution in [0.4, 0.5) is 0 Å². The van der Waals surface area contributed by atoms with Gasteiger partial charge in [0.1, 0.15) is 29.4 Å². The van der Waals surface area contributed by atoms with Crippen LogP contribution in [0.25, 0.3) is 5.76 Å². The van der Waals surface area contributed by atoms with Crippen molar-refractivity contribution in [2.45, 2.75) is 39.3 Å². The summed E-state index contributed by atoms with van der Waals surface area (Å²) in [7, 11) is 0. The molecule has 0 saturated carbocycles. The van der Waals surface area contributed by atoms with Gasteiger partial charge in [-0.1, -0.05) is 13.8 Å². The Hall–Kier alpha value is -3.06. The van der Waals surface area contributed by atoms with E-state index in [-0.39, 0.29) is 17.4 Å². The molecule has 31 heavy (non-hydrogen) atoms. The Morgan fingerprint density at radius 2 is 2.00 bits per heavy atom. The molecule has 2 atom stereocenters. The monoisotopic (exact) mass is 424 g/mol. The van der Waals surface area contributed by atoms with Crippen LogP contribution in [-0.2, 0) is 16.0 Å². The second-order valence-electron chi connectivity index (χ2n) is 7.99. The molecule has 2 aromatic rings. The van der Waals surface area contributed by atoms with Crippen LogP contribution >= 0.6 is 0 Å². The molecule has 0 bridgehead atoms. The first-order valence-electron chi connectivity index (χ1n) is 10.8. The van der Waals surface area contributed by atoms with Crippen LogP contribution in [0.1, 0.15) is 43.7 Å². The summed E-state index contributed by atoms with van der Waals surface area (Å²) in [6, 6.07) is 8.03. The number of nitrogens with zero attached hydrogens (tertiary/aromatic N) is 2. The number of aliphatic hydroxyl groups is 1. The molecule has 1 N–H and O–H groups in total. The van der Waals surface area contributed by atoms with Crippen molar-refractivity contribution < 1.29 is 23.8 Å². The molecule has 2 aliphatic rings. The number of likely N-dealkylation sites (N-methyl/N-ethyl adjacent to an activating group) is 1. The Morgan fingerprint density at radius 3 is 2.68 bits per heavy atom. The van der Waals surface area contributed by atoms with E-state index in [1.165, 1.54) is 11.2 Å². The Balaban J connectivity index is 1.74. The molecule has 1 amide bonds. The van der Waals surface area contributed by atoms with Crippen LogP contribution in [0.5, 0.6) is 5.75 Å². The molecule has 0 unspecified atom stereocenters. The molecule has 164 valence electrons. The molecular formula is C24H28N2O5. The molecule has 3 heterocycles. The predicted molar refractivity (Wildman–Crippen MR) is 116 cm³/mol. The molecule has 1 saturated heterocycles. The molecule has 0 radical (unpaired) electrons. The van der Waals surface area contributed by atoms with Gasteiger partial charge in [0.2, 0.25) is 0 Å². The van der Waals surface area contributed by atoms with Crippen molar-refractivity contribution in [3.63, 3.8) is 0 Å². The number of fused-ring (bicyclic) bond motifs is 1. The number of carbonyl (C=O) groups is 2. The summed E-state index contributed by atoms with van der Waals surface area (Å²) in [4.78, 5) is 29.6. The SMILES string of the molecule is CCN(CC)CCN1C(=O)C(=O)/C(=C(/O)c2ccc3c(c2)C[C@@H](C)O3)[C@@H]1c1ccco1. The maximum atomic E-state index is 13.0. The first kappa shape index (κ1) is 21.2. The van der Waals surface area contributed by atoms with E-state index in [2.05, 4.69) is 18.7 Å². The number of carbonyl (C=O) groups excluding carboxylic acids is 2. The van der Waals surface area contributed by atoms with Crippen molar-refractivity contribution in [2.24, 2.45) is 0 Å². The van der Waals surface area contributed by atoms with Crippen molar-refractivity contribution in [3.8, 4) is 5.75 Å². The lowest BCUT2D eigenvalue weighted by Gasteiger charge is -2.26. The van der Waals surface area contributed by atoms with Gasteiger partial charge >= 0.3 is 0 Å². The minimum atomic E-state index is -0.756. The van der Waals surface area contributed by atoms with Gasteiger partial charge in [0.05, 0.1) is 11.8 Å². The molecule has 1 aromatic heterocycles. The molecule has 2 aliphatic heterocycles. The second kappa shape index (κ2) is 8.59. The Morgan fingerprint density at radius 1 is 1.23 bits per heavy atom. The summed E-state index contributed by atoms with van der Waals surface area (Å²) >= 11 is 0. The zero-order valence-corrected chi connectivity index (χ0v) is 18.1. The lowest BCUT2D eigenvalue weighted by atomic mass is 9.97. The number of aliphatic hydroxyl groups excluding tert-OH is 1. The van der Waals surface area contributed by atoms with Crippen LogP contribution in [0, 0.1) is 0 Å². The smallest absolute Gasteiger partial charge is 0.295 e. The average molecular weight is 424 g/mol. The fourth-order valence-electron chi connectivity index (χ4n) is 4.37. The third kappa shape index (κ3) is 3.85. The number of ether oxygens (including phenoxy) is 1. The summed E-state index contributed by atoms with van der Waals surface area (Å²) < 4.78 is 11.3. The molecule has 7 nitrogen and oxygen atoms in total. The van der Waals surface area contributed by atoms with E-state index in [0.717, 1.165) is 30.8 Å². The van der Waals surface area contributed by atoms with Gasteiger partial charge in [-0.3, -0.25) is 9.59 Å². The van der Waals surface area contributed by atoms with Gasteiger partial charge in [-0.15, -0.1) is 0 Å². The standard InChI is InChI=1S/C24H28N2O5/c1-4-25(5-2)10-11-26-21(19-7-6-12-30-19)20(23(28)24(26)29)22(27)16-8-9-18-17(14-16)13-15(3)31-18/h6-9,12,14-15,21,27H,4-5,10-11,13H2,1-3H3/b22-20+/t15-,21+/m1/s1. The third-order valence-corrected chi connectivity index (χ3v) is 6.07. The van der Waals surface area contributed by atoms with Gasteiger partial charge in [0.15, 0.2) is 0 Å². The second-order valence-corrected chi connectivity index (χ2v) is 7.99. The van der Waals surface area contributed by atoms with Crippen molar-refractivity contribution in [2.75, 3.05) is 26.2 Å². The Bertz CT molecular complexity index is 1010. The molecule has 7 heteroatoms. The van der Waals surface area contributed by atoms with E-state index >= 15 is 0 Å². The van der Waals surface area contributed by atoms with Crippen molar-refractivity contribution >= 4 is 17.4 Å². The van der Waals surface area contributed by atoms with Crippen molar-refractivity contribution in [1.29, 1.82) is 0 Å². The zero-order valence-electron chi connectivity index (χ0n) is 18.1. The summed E-state index contributed by atoms with van der Waals surface area (Å²) in [5.41, 5.74) is 1.53. The Kier molecular flexibility index (Phi) is 5.87. The van der Waals surface area contributed by atoms with E-state index in [1.807, 2.05) is 13.0 Å². The summed E-state index contributed by atoms with van der Waals surface area (Å²) in [6.45, 7) is 8.79. The lowest BCUT2D eigenvalue weighted by Crippen LogP contribution is -2.37. The highest BCUT2D eigenvalue weighted by molar-refractivity contribution is 6.46. The van der Waals surface area contributed by atoms with Crippen LogP contribution in [0.3, 0.4) is 0 Å². The number of rotatable bonds is 7.